The van der Waals surface area contributed by atoms with Gasteiger partial charge in [0.2, 0.25) is 5.91 Å². The second kappa shape index (κ2) is 12.3. The molecular formula is C26H29ClN2O3S2. The Kier molecular flexibility index (Phi) is 9.45. The number of hydrogen-bond acceptors (Lipinski definition) is 4. The van der Waals surface area contributed by atoms with Crippen LogP contribution in [-0.4, -0.2) is 33.2 Å². The SMILES string of the molecule is Cc1ccc(N(CC(=O)NCCCSCc2ccccc2C)S(=O)(=O)c2ccc(Cl)cc2)cc1. The van der Waals surface area contributed by atoms with E-state index in [-0.39, 0.29) is 17.3 Å². The highest BCUT2D eigenvalue weighted by Crippen LogP contribution is 2.25. The molecule has 3 aromatic rings. The van der Waals surface area contributed by atoms with Gasteiger partial charge in [0.05, 0.1) is 10.6 Å². The van der Waals surface area contributed by atoms with Crippen molar-refractivity contribution in [1.29, 1.82) is 0 Å². The summed E-state index contributed by atoms with van der Waals surface area (Å²) in [6.07, 6.45) is 0.802. The van der Waals surface area contributed by atoms with Gasteiger partial charge in [-0.1, -0.05) is 53.6 Å². The predicted octanol–water partition coefficient (Wildman–Crippen LogP) is 5.59. The largest absolute Gasteiger partial charge is 0.354 e. The Morgan fingerprint density at radius 2 is 1.65 bits per heavy atom. The van der Waals surface area contributed by atoms with E-state index in [1.54, 1.807) is 12.1 Å². The maximum Gasteiger partial charge on any atom is 0.264 e. The quantitative estimate of drug-likeness (QED) is 0.337. The summed E-state index contributed by atoms with van der Waals surface area (Å²) in [5, 5.41) is 3.30. The molecule has 0 aliphatic carbocycles. The third kappa shape index (κ3) is 7.26. The van der Waals surface area contributed by atoms with E-state index < -0.39 is 10.0 Å². The number of rotatable bonds is 11. The fourth-order valence-corrected chi connectivity index (χ4v) is 5.89. The van der Waals surface area contributed by atoms with E-state index in [2.05, 4.69) is 24.4 Å². The van der Waals surface area contributed by atoms with Crippen LogP contribution in [0, 0.1) is 13.8 Å². The van der Waals surface area contributed by atoms with Gasteiger partial charge in [0.15, 0.2) is 0 Å². The molecule has 3 aromatic carbocycles. The van der Waals surface area contributed by atoms with Crippen LogP contribution in [0.15, 0.2) is 77.7 Å². The highest BCUT2D eigenvalue weighted by molar-refractivity contribution is 7.98. The van der Waals surface area contributed by atoms with Gasteiger partial charge in [-0.15, -0.1) is 0 Å². The van der Waals surface area contributed by atoms with Crippen LogP contribution in [0.5, 0.6) is 0 Å². The highest BCUT2D eigenvalue weighted by atomic mass is 35.5. The van der Waals surface area contributed by atoms with Gasteiger partial charge in [-0.3, -0.25) is 9.10 Å². The molecule has 0 saturated heterocycles. The third-order valence-corrected chi connectivity index (χ3v) is 8.45. The topological polar surface area (TPSA) is 66.5 Å². The predicted molar refractivity (Wildman–Crippen MR) is 142 cm³/mol. The van der Waals surface area contributed by atoms with Crippen molar-refractivity contribution in [3.05, 3.63) is 94.5 Å². The summed E-state index contributed by atoms with van der Waals surface area (Å²) in [5.74, 6) is 1.49. The molecule has 0 spiro atoms. The minimum Gasteiger partial charge on any atom is -0.354 e. The van der Waals surface area contributed by atoms with Gasteiger partial charge in [-0.05, 0) is 73.5 Å². The molecular weight excluding hydrogens is 488 g/mol. The lowest BCUT2D eigenvalue weighted by Gasteiger charge is -2.24. The average molecular weight is 517 g/mol. The number of sulfonamides is 1. The van der Waals surface area contributed by atoms with E-state index in [1.807, 2.05) is 43.0 Å². The van der Waals surface area contributed by atoms with Crippen molar-refractivity contribution < 1.29 is 13.2 Å². The lowest BCUT2D eigenvalue weighted by molar-refractivity contribution is -0.119. The number of halogens is 1. The van der Waals surface area contributed by atoms with Crippen molar-refractivity contribution in [3.63, 3.8) is 0 Å². The number of nitrogens with one attached hydrogen (secondary N) is 1. The maximum absolute atomic E-state index is 13.3. The number of hydrogen-bond donors (Lipinski definition) is 1. The first-order chi connectivity index (χ1) is 16.3. The van der Waals surface area contributed by atoms with Gasteiger partial charge in [0.25, 0.3) is 10.0 Å². The first-order valence-electron chi connectivity index (χ1n) is 11.0. The van der Waals surface area contributed by atoms with E-state index in [0.717, 1.165) is 27.8 Å². The summed E-state index contributed by atoms with van der Waals surface area (Å²) in [6, 6.07) is 21.3. The zero-order valence-electron chi connectivity index (χ0n) is 19.3. The fourth-order valence-electron chi connectivity index (χ4n) is 3.30. The van der Waals surface area contributed by atoms with Gasteiger partial charge >= 0.3 is 0 Å². The number of nitrogens with zero attached hydrogens (tertiary/aromatic N) is 1. The molecule has 180 valence electrons. The Morgan fingerprint density at radius 3 is 2.32 bits per heavy atom. The molecule has 0 bridgehead atoms. The van der Waals surface area contributed by atoms with Gasteiger partial charge < -0.3 is 5.32 Å². The number of carbonyl (C=O) groups is 1. The van der Waals surface area contributed by atoms with Gasteiger partial charge in [0.1, 0.15) is 6.54 Å². The van der Waals surface area contributed by atoms with Crippen molar-refractivity contribution in [2.45, 2.75) is 30.9 Å². The zero-order chi connectivity index (χ0) is 24.6. The van der Waals surface area contributed by atoms with Crippen molar-refractivity contribution in [2.75, 3.05) is 23.1 Å². The van der Waals surface area contributed by atoms with Crippen molar-refractivity contribution in [2.24, 2.45) is 0 Å². The Labute approximate surface area is 211 Å². The number of carbonyl (C=O) groups excluding carboxylic acids is 1. The molecule has 0 saturated carbocycles. The van der Waals surface area contributed by atoms with Crippen molar-refractivity contribution in [3.8, 4) is 0 Å². The van der Waals surface area contributed by atoms with E-state index in [4.69, 9.17) is 11.6 Å². The lowest BCUT2D eigenvalue weighted by atomic mass is 10.1. The van der Waals surface area contributed by atoms with Crippen LogP contribution < -0.4 is 9.62 Å². The first-order valence-corrected chi connectivity index (χ1v) is 14.0. The van der Waals surface area contributed by atoms with Crippen LogP contribution in [0.4, 0.5) is 5.69 Å². The standard InChI is InChI=1S/C26H29ClN2O3S2/c1-20-8-12-24(13-9-20)29(34(31,32)25-14-10-23(27)11-15-25)18-26(30)28-16-5-17-33-19-22-7-4-3-6-21(22)2/h3-4,6-15H,5,16-19H2,1-2H3,(H,28,30). The monoisotopic (exact) mass is 516 g/mol. The molecule has 0 atom stereocenters. The molecule has 1 N–H and O–H groups in total. The molecule has 0 aliphatic rings. The normalized spacial score (nSPS) is 11.3. The number of amides is 1. The number of anilines is 1. The number of benzene rings is 3. The Morgan fingerprint density at radius 1 is 0.971 bits per heavy atom. The van der Waals surface area contributed by atoms with Gasteiger partial charge in [-0.2, -0.15) is 11.8 Å². The molecule has 3 rings (SSSR count). The van der Waals surface area contributed by atoms with Gasteiger partial charge in [-0.25, -0.2) is 8.42 Å². The molecule has 0 aliphatic heterocycles. The Hall–Kier alpha value is -2.48. The summed E-state index contributed by atoms with van der Waals surface area (Å²) in [7, 11) is -3.94. The van der Waals surface area contributed by atoms with E-state index >= 15 is 0 Å². The molecule has 0 unspecified atom stereocenters. The minimum atomic E-state index is -3.94. The number of aryl methyl sites for hydroxylation is 2. The van der Waals surface area contributed by atoms with Crippen molar-refractivity contribution in [1.82, 2.24) is 5.32 Å². The summed E-state index contributed by atoms with van der Waals surface area (Å²) in [5.41, 5.74) is 4.03. The molecule has 0 heterocycles. The summed E-state index contributed by atoms with van der Waals surface area (Å²) in [4.78, 5) is 12.8. The number of thioether (sulfide) groups is 1. The van der Waals surface area contributed by atoms with Gasteiger partial charge in [0, 0.05) is 17.3 Å². The Bertz CT molecular complexity index is 1200. The second-order valence-corrected chi connectivity index (χ2v) is 11.4. The van der Waals surface area contributed by atoms with E-state index in [0.29, 0.717) is 17.3 Å². The molecule has 0 fully saturated rings. The second-order valence-electron chi connectivity index (χ2n) is 7.98. The molecule has 8 heteroatoms. The molecule has 5 nitrogen and oxygen atoms in total. The molecule has 34 heavy (non-hydrogen) atoms. The fraction of sp³-hybridized carbons (Fsp3) is 0.269. The summed E-state index contributed by atoms with van der Waals surface area (Å²) < 4.78 is 27.8. The zero-order valence-corrected chi connectivity index (χ0v) is 21.7. The molecule has 0 aromatic heterocycles. The van der Waals surface area contributed by atoms with Crippen LogP contribution in [0.2, 0.25) is 5.02 Å². The van der Waals surface area contributed by atoms with Crippen LogP contribution in [0.3, 0.4) is 0 Å². The van der Waals surface area contributed by atoms with Crippen molar-refractivity contribution >= 4 is 45.0 Å². The third-order valence-electron chi connectivity index (χ3n) is 5.32. The minimum absolute atomic E-state index is 0.0814. The van der Waals surface area contributed by atoms with Crippen LogP contribution in [0.25, 0.3) is 0 Å². The van der Waals surface area contributed by atoms with Crippen LogP contribution in [0.1, 0.15) is 23.1 Å². The van der Waals surface area contributed by atoms with E-state index in [9.17, 15) is 13.2 Å². The first kappa shape index (κ1) is 26.1. The average Bonchev–Trinajstić information content (AvgIpc) is 2.82. The smallest absolute Gasteiger partial charge is 0.264 e. The lowest BCUT2D eigenvalue weighted by Crippen LogP contribution is -2.41. The van der Waals surface area contributed by atoms with Crippen LogP contribution in [-0.2, 0) is 20.6 Å². The maximum atomic E-state index is 13.3. The van der Waals surface area contributed by atoms with E-state index in [1.165, 1.54) is 35.4 Å². The highest BCUT2D eigenvalue weighted by Gasteiger charge is 2.27. The Balaban J connectivity index is 1.59. The molecule has 1 amide bonds. The molecule has 0 radical (unpaired) electrons. The summed E-state index contributed by atoms with van der Waals surface area (Å²) >= 11 is 7.74. The summed E-state index contributed by atoms with van der Waals surface area (Å²) in [6.45, 7) is 4.21. The van der Waals surface area contributed by atoms with Crippen LogP contribution >= 0.6 is 23.4 Å².